The summed E-state index contributed by atoms with van der Waals surface area (Å²) < 4.78 is 42.9. The lowest BCUT2D eigenvalue weighted by molar-refractivity contribution is 0.193. The molecule has 0 N–H and O–H groups in total. The van der Waals surface area contributed by atoms with E-state index in [1.807, 2.05) is 0 Å². The smallest absolute Gasteiger partial charge is 0.163 e. The molecule has 1 rings (SSSR count). The Morgan fingerprint density at radius 2 is 1.68 bits per heavy atom. The maximum absolute atomic E-state index is 14.6. The molecule has 1 aliphatic carbocycles. The molecule has 0 amide bonds. The molecular weight excluding hydrogens is 293 g/mol. The minimum Gasteiger partial charge on any atom is -0.241 e. The first-order chi connectivity index (χ1) is 10.5. The normalized spacial score (nSPS) is 24.6. The molecule has 0 bridgehead atoms. The Balaban J connectivity index is 3.70. The van der Waals surface area contributed by atoms with E-state index in [9.17, 15) is 13.2 Å². The van der Waals surface area contributed by atoms with E-state index in [0.717, 1.165) is 0 Å². The Bertz CT molecular complexity index is 692. The number of hydrogen-bond donors (Lipinski definition) is 0. The van der Waals surface area contributed by atoms with Crippen LogP contribution >= 0.6 is 0 Å². The van der Waals surface area contributed by atoms with E-state index in [0.29, 0.717) is 0 Å². The summed E-state index contributed by atoms with van der Waals surface area (Å²) >= 11 is 0. The highest BCUT2D eigenvalue weighted by Crippen LogP contribution is 2.46. The maximum Gasteiger partial charge on any atom is 0.163 e. The van der Waals surface area contributed by atoms with Crippen LogP contribution in [0.4, 0.5) is 13.2 Å². The summed E-state index contributed by atoms with van der Waals surface area (Å²) in [5, 5.41) is 35.3. The number of hydrogen-bond acceptors (Lipinski definition) is 4. The van der Waals surface area contributed by atoms with Gasteiger partial charge in [-0.3, -0.25) is 0 Å². The van der Waals surface area contributed by atoms with Gasteiger partial charge in [0.1, 0.15) is 35.6 Å². The fourth-order valence-electron chi connectivity index (χ4n) is 2.33. The van der Waals surface area contributed by atoms with Crippen molar-refractivity contribution >= 4 is 0 Å². The number of alkyl halides is 1. The molecule has 110 valence electrons. The van der Waals surface area contributed by atoms with Crippen molar-refractivity contribution in [3.63, 3.8) is 0 Å². The Kier molecular flexibility index (Phi) is 5.50. The molecule has 0 saturated heterocycles. The molecule has 0 aromatic carbocycles. The van der Waals surface area contributed by atoms with Gasteiger partial charge in [0.25, 0.3) is 0 Å². The standard InChI is InChI=1S/C15H9F3N4/c1-2-3-10-11(8(4-19)5-20)14(17)15(18)12(13(10)16)9(6-21)7-22/h2-3,8,10-11,13H,1H3/b3-2+. The monoisotopic (exact) mass is 302 g/mol. The molecule has 0 aromatic heterocycles. The number of allylic oxidation sites excluding steroid dienone is 6. The number of halogens is 3. The van der Waals surface area contributed by atoms with Crippen molar-refractivity contribution in [3.8, 4) is 24.3 Å². The summed E-state index contributed by atoms with van der Waals surface area (Å²) in [6, 6.07) is 5.65. The van der Waals surface area contributed by atoms with Crippen molar-refractivity contribution in [2.75, 3.05) is 0 Å². The molecule has 0 aromatic rings. The zero-order valence-electron chi connectivity index (χ0n) is 11.4. The third kappa shape index (κ3) is 2.71. The molecule has 0 radical (unpaired) electrons. The van der Waals surface area contributed by atoms with E-state index in [1.165, 1.54) is 43.4 Å². The summed E-state index contributed by atoms with van der Waals surface area (Å²) in [6.07, 6.45) is 0.345. The Hall–Kier alpha value is -3.03. The van der Waals surface area contributed by atoms with Gasteiger partial charge >= 0.3 is 0 Å². The highest BCUT2D eigenvalue weighted by molar-refractivity contribution is 5.52. The van der Waals surface area contributed by atoms with Crippen LogP contribution < -0.4 is 0 Å². The van der Waals surface area contributed by atoms with Gasteiger partial charge in [0.2, 0.25) is 0 Å². The fourth-order valence-corrected chi connectivity index (χ4v) is 2.33. The number of rotatable bonds is 2. The summed E-state index contributed by atoms with van der Waals surface area (Å²) in [7, 11) is 0. The van der Waals surface area contributed by atoms with Crippen LogP contribution in [0.1, 0.15) is 6.92 Å². The second-order valence-corrected chi connectivity index (χ2v) is 4.44. The summed E-state index contributed by atoms with van der Waals surface area (Å²) in [4.78, 5) is 0. The molecule has 3 atom stereocenters. The minimum atomic E-state index is -2.21. The first-order valence-corrected chi connectivity index (χ1v) is 6.14. The predicted octanol–water partition coefficient (Wildman–Crippen LogP) is 3.30. The lowest BCUT2D eigenvalue weighted by Gasteiger charge is -2.32. The van der Waals surface area contributed by atoms with Crippen molar-refractivity contribution in [2.24, 2.45) is 17.8 Å². The maximum atomic E-state index is 14.6. The van der Waals surface area contributed by atoms with Gasteiger partial charge in [0.05, 0.1) is 23.6 Å². The van der Waals surface area contributed by atoms with E-state index >= 15 is 0 Å². The third-order valence-corrected chi connectivity index (χ3v) is 3.31. The second kappa shape index (κ2) is 7.11. The Labute approximate surface area is 125 Å². The highest BCUT2D eigenvalue weighted by Gasteiger charge is 2.46. The van der Waals surface area contributed by atoms with E-state index < -0.39 is 46.7 Å². The molecule has 4 nitrogen and oxygen atoms in total. The van der Waals surface area contributed by atoms with Crippen molar-refractivity contribution in [2.45, 2.75) is 13.1 Å². The lowest BCUT2D eigenvalue weighted by Crippen LogP contribution is -2.35. The van der Waals surface area contributed by atoms with Crippen molar-refractivity contribution in [3.05, 3.63) is 35.0 Å². The summed E-state index contributed by atoms with van der Waals surface area (Å²) in [5.74, 6) is -7.78. The van der Waals surface area contributed by atoms with Crippen molar-refractivity contribution in [1.29, 1.82) is 21.0 Å². The molecule has 3 unspecified atom stereocenters. The van der Waals surface area contributed by atoms with E-state index in [-0.39, 0.29) is 0 Å². The first-order valence-electron chi connectivity index (χ1n) is 6.14. The van der Waals surface area contributed by atoms with Gasteiger partial charge in [-0.2, -0.15) is 21.0 Å². The van der Waals surface area contributed by atoms with Gasteiger partial charge in [0, 0.05) is 5.92 Å². The zero-order chi connectivity index (χ0) is 16.9. The molecular formula is C15H9F3N4. The highest BCUT2D eigenvalue weighted by atomic mass is 19.2. The van der Waals surface area contributed by atoms with Crippen LogP contribution in [0.25, 0.3) is 0 Å². The van der Waals surface area contributed by atoms with Gasteiger partial charge < -0.3 is 0 Å². The lowest BCUT2D eigenvalue weighted by atomic mass is 9.72. The van der Waals surface area contributed by atoms with Crippen LogP contribution in [-0.4, -0.2) is 6.17 Å². The van der Waals surface area contributed by atoms with Crippen LogP contribution in [-0.2, 0) is 0 Å². The molecule has 0 spiro atoms. The number of nitriles is 4. The summed E-state index contributed by atoms with van der Waals surface area (Å²) in [5.41, 5.74) is -1.85. The van der Waals surface area contributed by atoms with Gasteiger partial charge in [-0.25, -0.2) is 13.2 Å². The molecule has 1 aliphatic rings. The first kappa shape index (κ1) is 17.0. The van der Waals surface area contributed by atoms with Crippen LogP contribution in [0.5, 0.6) is 0 Å². The van der Waals surface area contributed by atoms with Crippen molar-refractivity contribution < 1.29 is 13.2 Å². The number of nitrogens with zero attached hydrogens (tertiary/aromatic N) is 4. The molecule has 0 fully saturated rings. The second-order valence-electron chi connectivity index (χ2n) is 4.44. The van der Waals surface area contributed by atoms with Gasteiger partial charge in [0.15, 0.2) is 5.83 Å². The predicted molar refractivity (Wildman–Crippen MR) is 68.9 cm³/mol. The van der Waals surface area contributed by atoms with Gasteiger partial charge in [-0.15, -0.1) is 0 Å². The van der Waals surface area contributed by atoms with Crippen LogP contribution in [0.3, 0.4) is 0 Å². The zero-order valence-corrected chi connectivity index (χ0v) is 11.4. The van der Waals surface area contributed by atoms with E-state index in [4.69, 9.17) is 21.0 Å². The van der Waals surface area contributed by atoms with Crippen LogP contribution in [0.2, 0.25) is 0 Å². The SMILES string of the molecule is C/C=C/C1C(F)C(=C(C#N)C#N)C(F)=C(F)C1C(C#N)C#N. The molecule has 22 heavy (non-hydrogen) atoms. The minimum absolute atomic E-state index is 0.876. The fraction of sp³-hybridized carbons (Fsp3) is 0.333. The molecule has 0 aliphatic heterocycles. The largest absolute Gasteiger partial charge is 0.241 e. The summed E-state index contributed by atoms with van der Waals surface area (Å²) in [6.45, 7) is 1.50. The van der Waals surface area contributed by atoms with Gasteiger partial charge in [-0.1, -0.05) is 12.2 Å². The molecule has 7 heteroatoms. The Morgan fingerprint density at radius 1 is 1.14 bits per heavy atom. The van der Waals surface area contributed by atoms with E-state index in [1.54, 1.807) is 0 Å². The average Bonchev–Trinajstić information content (AvgIpc) is 2.52. The topological polar surface area (TPSA) is 95.2 Å². The Morgan fingerprint density at radius 3 is 2.09 bits per heavy atom. The van der Waals surface area contributed by atoms with E-state index in [2.05, 4.69) is 0 Å². The van der Waals surface area contributed by atoms with Crippen LogP contribution in [0, 0.1) is 63.1 Å². The molecule has 0 saturated carbocycles. The third-order valence-electron chi connectivity index (χ3n) is 3.31. The van der Waals surface area contributed by atoms with Crippen molar-refractivity contribution in [1.82, 2.24) is 0 Å². The average molecular weight is 302 g/mol. The van der Waals surface area contributed by atoms with Gasteiger partial charge in [-0.05, 0) is 6.92 Å². The molecule has 0 heterocycles. The quantitative estimate of drug-likeness (QED) is 0.577. The van der Waals surface area contributed by atoms with Crippen LogP contribution in [0.15, 0.2) is 35.0 Å².